The molecule has 6 nitrogen and oxygen atoms in total. The summed E-state index contributed by atoms with van der Waals surface area (Å²) in [5, 5.41) is 3.26. The van der Waals surface area contributed by atoms with Crippen LogP contribution in [0.2, 0.25) is 0 Å². The van der Waals surface area contributed by atoms with Gasteiger partial charge in [0.15, 0.2) is 11.5 Å². The zero-order valence-electron chi connectivity index (χ0n) is 13.5. The summed E-state index contributed by atoms with van der Waals surface area (Å²) in [7, 11) is 0.0421. The lowest BCUT2D eigenvalue weighted by Crippen LogP contribution is -2.36. The molecule has 7 heteroatoms. The van der Waals surface area contributed by atoms with Gasteiger partial charge in [-0.05, 0) is 43.5 Å². The van der Waals surface area contributed by atoms with Crippen molar-refractivity contribution in [1.82, 2.24) is 5.32 Å². The molecule has 1 aliphatic heterocycles. The van der Waals surface area contributed by atoms with Gasteiger partial charge in [0.2, 0.25) is 0 Å². The second-order valence-electron chi connectivity index (χ2n) is 4.95. The van der Waals surface area contributed by atoms with Gasteiger partial charge in [-0.2, -0.15) is 0 Å². The van der Waals surface area contributed by atoms with E-state index in [9.17, 15) is 4.57 Å². The van der Waals surface area contributed by atoms with Crippen molar-refractivity contribution in [1.29, 1.82) is 0 Å². The van der Waals surface area contributed by atoms with Crippen LogP contribution in [0.25, 0.3) is 0 Å². The molecule has 0 amide bonds. The Morgan fingerprint density at radius 3 is 2.14 bits per heavy atom. The van der Waals surface area contributed by atoms with Gasteiger partial charge >= 0.3 is 7.60 Å². The van der Waals surface area contributed by atoms with E-state index in [2.05, 4.69) is 5.32 Å². The van der Waals surface area contributed by atoms with Crippen LogP contribution in [0.4, 0.5) is 0 Å². The molecule has 1 atom stereocenters. The van der Waals surface area contributed by atoms with E-state index < -0.39 is 7.60 Å². The minimum absolute atomic E-state index is 0.349. The maximum Gasteiger partial charge on any atom is 0.347 e. The monoisotopic (exact) mass is 329 g/mol. The Morgan fingerprint density at radius 2 is 1.64 bits per heavy atom. The molecule has 0 radical (unpaired) electrons. The number of benzene rings is 1. The summed E-state index contributed by atoms with van der Waals surface area (Å²) >= 11 is 0. The van der Waals surface area contributed by atoms with E-state index in [0.29, 0.717) is 37.7 Å². The molecule has 0 bridgehead atoms. The van der Waals surface area contributed by atoms with Gasteiger partial charge in [0.05, 0.1) is 27.4 Å². The van der Waals surface area contributed by atoms with Crippen molar-refractivity contribution in [2.75, 3.05) is 27.4 Å². The highest BCUT2D eigenvalue weighted by atomic mass is 31.2. The highest BCUT2D eigenvalue weighted by Gasteiger charge is 2.38. The maximum absolute atomic E-state index is 12.9. The molecule has 0 aliphatic carbocycles. The molecule has 1 N–H and O–H groups in total. The zero-order valence-corrected chi connectivity index (χ0v) is 14.4. The second kappa shape index (κ2) is 7.47. The summed E-state index contributed by atoms with van der Waals surface area (Å²) in [6, 6.07) is 3.88. The summed E-state index contributed by atoms with van der Waals surface area (Å²) in [6.07, 6.45) is 0.562. The van der Waals surface area contributed by atoms with Crippen LogP contribution in [0, 0.1) is 0 Å². The first-order valence-corrected chi connectivity index (χ1v) is 9.05. The number of fused-ring (bicyclic) bond motifs is 1. The number of nitrogens with one attached hydrogen (secondary N) is 1. The predicted octanol–water partition coefficient (Wildman–Crippen LogP) is 2.94. The van der Waals surface area contributed by atoms with Crippen LogP contribution in [-0.4, -0.2) is 33.2 Å². The van der Waals surface area contributed by atoms with Crippen LogP contribution < -0.4 is 14.8 Å². The Labute approximate surface area is 131 Å². The first-order valence-electron chi connectivity index (χ1n) is 7.43. The lowest BCUT2D eigenvalue weighted by molar-refractivity contribution is 0.205. The molecule has 1 heterocycles. The maximum atomic E-state index is 12.9. The molecular weight excluding hydrogens is 305 g/mol. The zero-order chi connectivity index (χ0) is 16.2. The fourth-order valence-electron chi connectivity index (χ4n) is 2.63. The van der Waals surface area contributed by atoms with Crippen molar-refractivity contribution in [2.24, 2.45) is 0 Å². The Bertz CT molecular complexity index is 553. The molecule has 0 fully saturated rings. The quantitative estimate of drug-likeness (QED) is 0.776. The van der Waals surface area contributed by atoms with Crippen molar-refractivity contribution in [2.45, 2.75) is 32.6 Å². The van der Waals surface area contributed by atoms with E-state index in [1.807, 2.05) is 26.0 Å². The number of hydrogen-bond acceptors (Lipinski definition) is 6. The highest BCUT2D eigenvalue weighted by Crippen LogP contribution is 2.54. The average Bonchev–Trinajstić information content (AvgIpc) is 2.53. The van der Waals surface area contributed by atoms with Gasteiger partial charge in [0, 0.05) is 6.54 Å². The Morgan fingerprint density at radius 1 is 1.09 bits per heavy atom. The lowest BCUT2D eigenvalue weighted by Gasteiger charge is -2.31. The van der Waals surface area contributed by atoms with Crippen LogP contribution in [0.15, 0.2) is 12.1 Å². The van der Waals surface area contributed by atoms with Gasteiger partial charge in [-0.3, -0.25) is 9.88 Å². The molecule has 0 saturated heterocycles. The lowest BCUT2D eigenvalue weighted by atomic mass is 10.00. The third-order valence-corrected chi connectivity index (χ3v) is 6.01. The van der Waals surface area contributed by atoms with Crippen molar-refractivity contribution >= 4 is 7.60 Å². The van der Waals surface area contributed by atoms with E-state index >= 15 is 0 Å². The second-order valence-corrected chi connectivity index (χ2v) is 7.17. The van der Waals surface area contributed by atoms with Gasteiger partial charge in [0.1, 0.15) is 5.78 Å². The number of rotatable bonds is 7. The van der Waals surface area contributed by atoms with Gasteiger partial charge in [-0.25, -0.2) is 0 Å². The van der Waals surface area contributed by atoms with Crippen molar-refractivity contribution < 1.29 is 23.1 Å². The van der Waals surface area contributed by atoms with Crippen LogP contribution >= 0.6 is 7.60 Å². The standard InChI is InChI=1S/C15H24NO5P/c1-5-20-22(17,21-6-2)15-9-11-7-13(18-3)14(19-4)8-12(11)10-16-15/h7-8,15-16H,5-6,9-10H2,1-4H3/t15-/m1/s1. The number of methoxy groups -OCH3 is 2. The van der Waals surface area contributed by atoms with E-state index in [4.69, 9.17) is 18.5 Å². The number of hydrogen-bond donors (Lipinski definition) is 1. The topological polar surface area (TPSA) is 66.0 Å². The van der Waals surface area contributed by atoms with E-state index in [0.717, 1.165) is 11.1 Å². The summed E-state index contributed by atoms with van der Waals surface area (Å²) in [5.74, 6) is 1.02. The third-order valence-electron chi connectivity index (χ3n) is 3.65. The van der Waals surface area contributed by atoms with Crippen LogP contribution in [0.3, 0.4) is 0 Å². The molecular formula is C15H24NO5P. The molecule has 1 aliphatic rings. The van der Waals surface area contributed by atoms with Crippen molar-refractivity contribution in [3.8, 4) is 11.5 Å². The van der Waals surface area contributed by atoms with Crippen LogP contribution in [0.1, 0.15) is 25.0 Å². The minimum atomic E-state index is -3.18. The summed E-state index contributed by atoms with van der Waals surface area (Å²) in [6.45, 7) is 4.93. The van der Waals surface area contributed by atoms with E-state index in [-0.39, 0.29) is 5.78 Å². The molecule has 0 aromatic heterocycles. The molecule has 1 aromatic carbocycles. The van der Waals surface area contributed by atoms with E-state index in [1.165, 1.54) is 0 Å². The van der Waals surface area contributed by atoms with Gasteiger partial charge in [0.25, 0.3) is 0 Å². The third kappa shape index (κ3) is 3.46. The SMILES string of the molecule is CCOP(=O)(OCC)[C@@H]1Cc2cc(OC)c(OC)cc2CN1. The summed E-state index contributed by atoms with van der Waals surface area (Å²) < 4.78 is 34.4. The van der Waals surface area contributed by atoms with Crippen molar-refractivity contribution in [3.05, 3.63) is 23.3 Å². The molecule has 0 spiro atoms. The molecule has 124 valence electrons. The molecule has 0 saturated carbocycles. The molecule has 0 unspecified atom stereocenters. The fraction of sp³-hybridized carbons (Fsp3) is 0.600. The summed E-state index contributed by atoms with van der Waals surface area (Å²) in [5.41, 5.74) is 2.18. The Hall–Kier alpha value is -1.07. The molecule has 2 rings (SSSR count). The fourth-order valence-corrected chi connectivity index (χ4v) is 4.52. The first-order chi connectivity index (χ1) is 10.6. The van der Waals surface area contributed by atoms with Crippen molar-refractivity contribution in [3.63, 3.8) is 0 Å². The van der Waals surface area contributed by atoms with Crippen LogP contribution in [-0.2, 0) is 26.6 Å². The Kier molecular flexibility index (Phi) is 5.87. The predicted molar refractivity (Wildman–Crippen MR) is 84.7 cm³/mol. The van der Waals surface area contributed by atoms with Gasteiger partial charge in [-0.15, -0.1) is 0 Å². The largest absolute Gasteiger partial charge is 0.493 e. The van der Waals surface area contributed by atoms with E-state index in [1.54, 1.807) is 14.2 Å². The highest BCUT2D eigenvalue weighted by molar-refractivity contribution is 7.54. The molecule has 1 aromatic rings. The van der Waals surface area contributed by atoms with Gasteiger partial charge < -0.3 is 18.5 Å². The smallest absolute Gasteiger partial charge is 0.347 e. The minimum Gasteiger partial charge on any atom is -0.493 e. The number of ether oxygens (including phenoxy) is 2. The van der Waals surface area contributed by atoms with Crippen LogP contribution in [0.5, 0.6) is 11.5 Å². The molecule has 22 heavy (non-hydrogen) atoms. The normalized spacial score (nSPS) is 17.9. The first kappa shape index (κ1) is 17.3. The Balaban J connectivity index is 2.28. The average molecular weight is 329 g/mol. The summed E-state index contributed by atoms with van der Waals surface area (Å²) in [4.78, 5) is 0. The van der Waals surface area contributed by atoms with Gasteiger partial charge in [-0.1, -0.05) is 0 Å².